The van der Waals surface area contributed by atoms with E-state index in [1.807, 2.05) is 53.4 Å². The second kappa shape index (κ2) is 6.09. The Morgan fingerprint density at radius 2 is 2.05 bits per heavy atom. The molecule has 0 fully saturated rings. The van der Waals surface area contributed by atoms with E-state index >= 15 is 0 Å². The zero-order valence-electron chi connectivity index (χ0n) is 11.4. The standard InChI is InChI=1S/C16H15N3O2/c20-15(12-19-8-1-2-9-19)18-11-13-5-3-7-17-16(13)14-6-4-10-21-14/h1-10H,11-12H2,(H,18,20). The molecule has 0 saturated carbocycles. The van der Waals surface area contributed by atoms with E-state index in [2.05, 4.69) is 10.3 Å². The summed E-state index contributed by atoms with van der Waals surface area (Å²) in [5.41, 5.74) is 1.68. The molecule has 3 aromatic heterocycles. The number of furan rings is 1. The fourth-order valence-electron chi connectivity index (χ4n) is 2.11. The molecule has 5 heteroatoms. The van der Waals surface area contributed by atoms with Gasteiger partial charge in [-0.1, -0.05) is 6.07 Å². The maximum absolute atomic E-state index is 11.9. The van der Waals surface area contributed by atoms with Crippen LogP contribution >= 0.6 is 0 Å². The number of carbonyl (C=O) groups excluding carboxylic acids is 1. The van der Waals surface area contributed by atoms with Crippen molar-refractivity contribution in [3.63, 3.8) is 0 Å². The molecule has 0 unspecified atom stereocenters. The van der Waals surface area contributed by atoms with Gasteiger partial charge in [-0.25, -0.2) is 0 Å². The van der Waals surface area contributed by atoms with E-state index in [9.17, 15) is 4.79 Å². The van der Waals surface area contributed by atoms with Crippen LogP contribution in [0.1, 0.15) is 5.56 Å². The average molecular weight is 281 g/mol. The molecule has 3 aromatic rings. The van der Waals surface area contributed by atoms with Crippen molar-refractivity contribution in [1.82, 2.24) is 14.9 Å². The largest absolute Gasteiger partial charge is 0.463 e. The Morgan fingerprint density at radius 3 is 2.81 bits per heavy atom. The van der Waals surface area contributed by atoms with Crippen molar-refractivity contribution in [3.8, 4) is 11.5 Å². The number of carbonyl (C=O) groups is 1. The third kappa shape index (κ3) is 3.20. The Hall–Kier alpha value is -2.82. The number of pyridine rings is 1. The first-order valence-electron chi connectivity index (χ1n) is 6.68. The van der Waals surface area contributed by atoms with Gasteiger partial charge in [-0.2, -0.15) is 0 Å². The SMILES string of the molecule is O=C(Cn1cccc1)NCc1cccnc1-c1ccco1. The lowest BCUT2D eigenvalue weighted by molar-refractivity contribution is -0.121. The van der Waals surface area contributed by atoms with Crippen LogP contribution in [0.25, 0.3) is 11.5 Å². The third-order valence-electron chi connectivity index (χ3n) is 3.11. The highest BCUT2D eigenvalue weighted by Gasteiger charge is 2.10. The molecule has 0 radical (unpaired) electrons. The topological polar surface area (TPSA) is 60.1 Å². The molecule has 5 nitrogen and oxygen atoms in total. The lowest BCUT2D eigenvalue weighted by atomic mass is 10.1. The summed E-state index contributed by atoms with van der Waals surface area (Å²) < 4.78 is 7.20. The molecule has 0 aliphatic heterocycles. The van der Waals surface area contributed by atoms with Gasteiger partial charge in [-0.15, -0.1) is 0 Å². The van der Waals surface area contributed by atoms with Crippen LogP contribution in [0.5, 0.6) is 0 Å². The molecule has 106 valence electrons. The van der Waals surface area contributed by atoms with Crippen molar-refractivity contribution in [2.75, 3.05) is 0 Å². The molecule has 0 aliphatic carbocycles. The minimum absolute atomic E-state index is 0.0413. The van der Waals surface area contributed by atoms with Crippen molar-refractivity contribution in [2.24, 2.45) is 0 Å². The van der Waals surface area contributed by atoms with E-state index in [1.54, 1.807) is 12.5 Å². The van der Waals surface area contributed by atoms with Gasteiger partial charge in [0.1, 0.15) is 12.2 Å². The van der Waals surface area contributed by atoms with E-state index in [4.69, 9.17) is 4.42 Å². The van der Waals surface area contributed by atoms with Crippen LogP contribution in [0.3, 0.4) is 0 Å². The van der Waals surface area contributed by atoms with E-state index in [0.29, 0.717) is 18.8 Å². The summed E-state index contributed by atoms with van der Waals surface area (Å²) in [5.74, 6) is 0.658. The highest BCUT2D eigenvalue weighted by molar-refractivity contribution is 5.76. The van der Waals surface area contributed by atoms with Crippen LogP contribution in [0.4, 0.5) is 0 Å². The zero-order chi connectivity index (χ0) is 14.5. The number of nitrogens with one attached hydrogen (secondary N) is 1. The van der Waals surface area contributed by atoms with E-state index in [0.717, 1.165) is 11.3 Å². The highest BCUT2D eigenvalue weighted by Crippen LogP contribution is 2.21. The number of nitrogens with zero attached hydrogens (tertiary/aromatic N) is 2. The predicted octanol–water partition coefficient (Wildman–Crippen LogP) is 2.46. The molecular formula is C16H15N3O2. The Balaban J connectivity index is 1.67. The van der Waals surface area contributed by atoms with Crippen LogP contribution < -0.4 is 5.32 Å². The molecule has 0 saturated heterocycles. The van der Waals surface area contributed by atoms with Crippen molar-refractivity contribution in [1.29, 1.82) is 0 Å². The fourth-order valence-corrected chi connectivity index (χ4v) is 2.11. The van der Waals surface area contributed by atoms with Crippen LogP contribution in [0.15, 0.2) is 65.7 Å². The van der Waals surface area contributed by atoms with Gasteiger partial charge >= 0.3 is 0 Å². The van der Waals surface area contributed by atoms with Gasteiger partial charge < -0.3 is 14.3 Å². The lowest BCUT2D eigenvalue weighted by Crippen LogP contribution is -2.26. The molecule has 1 N–H and O–H groups in total. The first-order valence-corrected chi connectivity index (χ1v) is 6.68. The van der Waals surface area contributed by atoms with Crippen molar-refractivity contribution < 1.29 is 9.21 Å². The molecular weight excluding hydrogens is 266 g/mol. The fraction of sp³-hybridized carbons (Fsp3) is 0.125. The Bertz CT molecular complexity index is 703. The summed E-state index contributed by atoms with van der Waals surface area (Å²) in [6.07, 6.45) is 7.04. The normalized spacial score (nSPS) is 10.5. The monoisotopic (exact) mass is 281 g/mol. The summed E-state index contributed by atoms with van der Waals surface area (Å²) in [4.78, 5) is 16.2. The molecule has 3 rings (SSSR count). The molecule has 0 bridgehead atoms. The van der Waals surface area contributed by atoms with Gasteiger partial charge in [0.25, 0.3) is 0 Å². The molecule has 0 spiro atoms. The quantitative estimate of drug-likeness (QED) is 0.781. The zero-order valence-corrected chi connectivity index (χ0v) is 11.4. The third-order valence-corrected chi connectivity index (χ3v) is 3.11. The van der Waals surface area contributed by atoms with Crippen LogP contribution in [-0.4, -0.2) is 15.5 Å². The maximum Gasteiger partial charge on any atom is 0.240 e. The Morgan fingerprint density at radius 1 is 1.19 bits per heavy atom. The van der Waals surface area contributed by atoms with Crippen LogP contribution in [0, 0.1) is 0 Å². The second-order valence-electron chi connectivity index (χ2n) is 4.62. The van der Waals surface area contributed by atoms with Gasteiger partial charge in [-0.05, 0) is 30.3 Å². The second-order valence-corrected chi connectivity index (χ2v) is 4.62. The van der Waals surface area contributed by atoms with Crippen molar-refractivity contribution in [2.45, 2.75) is 13.1 Å². The smallest absolute Gasteiger partial charge is 0.240 e. The predicted molar refractivity (Wildman–Crippen MR) is 78.2 cm³/mol. The summed E-state index contributed by atoms with van der Waals surface area (Å²) in [6.45, 7) is 0.729. The summed E-state index contributed by atoms with van der Waals surface area (Å²) in [6, 6.07) is 11.2. The molecule has 0 atom stereocenters. The molecule has 1 amide bonds. The van der Waals surface area contributed by atoms with Crippen molar-refractivity contribution in [3.05, 3.63) is 66.8 Å². The summed E-state index contributed by atoms with van der Waals surface area (Å²) >= 11 is 0. The Kier molecular flexibility index (Phi) is 3.82. The number of aromatic nitrogens is 2. The van der Waals surface area contributed by atoms with Crippen molar-refractivity contribution >= 4 is 5.91 Å². The number of amides is 1. The Labute approximate surface area is 122 Å². The molecule has 0 aliphatic rings. The van der Waals surface area contributed by atoms with E-state index in [-0.39, 0.29) is 5.91 Å². The first kappa shape index (κ1) is 13.2. The van der Waals surface area contributed by atoms with Gasteiger partial charge in [0.15, 0.2) is 5.76 Å². The van der Waals surface area contributed by atoms with Crippen LogP contribution in [0.2, 0.25) is 0 Å². The minimum Gasteiger partial charge on any atom is -0.463 e. The van der Waals surface area contributed by atoms with Gasteiger partial charge in [-0.3, -0.25) is 9.78 Å². The van der Waals surface area contributed by atoms with Crippen LogP contribution in [-0.2, 0) is 17.9 Å². The number of hydrogen-bond acceptors (Lipinski definition) is 3. The average Bonchev–Trinajstić information content (AvgIpc) is 3.18. The first-order chi connectivity index (χ1) is 10.3. The molecule has 3 heterocycles. The highest BCUT2D eigenvalue weighted by atomic mass is 16.3. The minimum atomic E-state index is -0.0413. The van der Waals surface area contributed by atoms with Gasteiger partial charge in [0.05, 0.1) is 6.26 Å². The molecule has 0 aromatic carbocycles. The van der Waals surface area contributed by atoms with E-state index < -0.39 is 0 Å². The summed E-state index contributed by atoms with van der Waals surface area (Å²) in [7, 11) is 0. The maximum atomic E-state index is 11.9. The number of hydrogen-bond donors (Lipinski definition) is 1. The van der Waals surface area contributed by atoms with Gasteiger partial charge in [0.2, 0.25) is 5.91 Å². The van der Waals surface area contributed by atoms with E-state index in [1.165, 1.54) is 0 Å². The number of rotatable bonds is 5. The van der Waals surface area contributed by atoms with Gasteiger partial charge in [0, 0.05) is 30.7 Å². The molecule has 21 heavy (non-hydrogen) atoms. The lowest BCUT2D eigenvalue weighted by Gasteiger charge is -2.09. The summed E-state index contributed by atoms with van der Waals surface area (Å²) in [5, 5.41) is 2.90.